The van der Waals surface area contributed by atoms with E-state index in [-0.39, 0.29) is 6.54 Å². The normalized spacial score (nSPS) is 14.7. The van der Waals surface area contributed by atoms with Gasteiger partial charge in [0.2, 0.25) is 0 Å². The van der Waals surface area contributed by atoms with E-state index in [1.54, 1.807) is 0 Å². The number of methoxy groups -OCH3 is 1. The fourth-order valence-electron chi connectivity index (χ4n) is 1.32. The van der Waals surface area contributed by atoms with Crippen LogP contribution < -0.4 is 16.2 Å². The Morgan fingerprint density at radius 1 is 1.53 bits per heavy atom. The lowest BCUT2D eigenvalue weighted by atomic mass is 10.0. The second-order valence-corrected chi connectivity index (χ2v) is 3.22. The summed E-state index contributed by atoms with van der Waals surface area (Å²) in [6.07, 6.45) is -0.916. The smallest absolute Gasteiger partial charge is 0.123 e. The van der Waals surface area contributed by atoms with Gasteiger partial charge in [-0.25, -0.2) is 4.39 Å². The van der Waals surface area contributed by atoms with E-state index in [4.69, 9.17) is 16.2 Å². The SMILES string of the molecule is COc1ccc(F)cc1C(N)C(O)CN. The van der Waals surface area contributed by atoms with Crippen molar-refractivity contribution in [2.24, 2.45) is 11.5 Å². The summed E-state index contributed by atoms with van der Waals surface area (Å²) in [5, 5.41) is 9.46. The number of nitrogens with two attached hydrogens (primary N) is 2. The van der Waals surface area contributed by atoms with E-state index in [9.17, 15) is 9.50 Å². The molecule has 1 aromatic carbocycles. The number of benzene rings is 1. The molecule has 0 saturated carbocycles. The first-order valence-corrected chi connectivity index (χ1v) is 4.57. The molecule has 1 aromatic rings. The minimum atomic E-state index is -0.916. The van der Waals surface area contributed by atoms with Gasteiger partial charge < -0.3 is 21.3 Å². The minimum absolute atomic E-state index is 0.0147. The molecule has 0 aliphatic carbocycles. The highest BCUT2D eigenvalue weighted by atomic mass is 19.1. The topological polar surface area (TPSA) is 81.5 Å². The molecular weight excluding hydrogens is 199 g/mol. The molecule has 84 valence electrons. The Hall–Kier alpha value is -1.17. The number of rotatable bonds is 4. The highest BCUT2D eigenvalue weighted by Gasteiger charge is 2.19. The second kappa shape index (κ2) is 5.06. The summed E-state index contributed by atoms with van der Waals surface area (Å²) in [7, 11) is 1.46. The number of halogens is 1. The summed E-state index contributed by atoms with van der Waals surface area (Å²) in [6, 6.07) is 3.22. The monoisotopic (exact) mass is 214 g/mol. The lowest BCUT2D eigenvalue weighted by molar-refractivity contribution is 0.151. The van der Waals surface area contributed by atoms with E-state index in [2.05, 4.69) is 0 Å². The van der Waals surface area contributed by atoms with Crippen molar-refractivity contribution in [2.75, 3.05) is 13.7 Å². The standard InChI is InChI=1S/C10H15FN2O2/c1-15-9-3-2-6(11)4-7(9)10(13)8(14)5-12/h2-4,8,10,14H,5,12-13H2,1H3. The first-order chi connectivity index (χ1) is 7.10. The molecular formula is C10H15FN2O2. The van der Waals surface area contributed by atoms with Gasteiger partial charge in [0.05, 0.1) is 19.3 Å². The molecule has 0 heterocycles. The van der Waals surface area contributed by atoms with E-state index in [1.165, 1.54) is 25.3 Å². The van der Waals surface area contributed by atoms with Crippen molar-refractivity contribution >= 4 is 0 Å². The van der Waals surface area contributed by atoms with Crippen LogP contribution in [0.5, 0.6) is 5.75 Å². The van der Waals surface area contributed by atoms with Gasteiger partial charge in [-0.1, -0.05) is 0 Å². The van der Waals surface area contributed by atoms with Gasteiger partial charge in [0.1, 0.15) is 11.6 Å². The molecule has 1 rings (SSSR count). The predicted molar refractivity (Wildman–Crippen MR) is 54.9 cm³/mol. The number of aliphatic hydroxyl groups excluding tert-OH is 1. The van der Waals surface area contributed by atoms with Crippen molar-refractivity contribution in [3.05, 3.63) is 29.6 Å². The molecule has 0 saturated heterocycles. The average Bonchev–Trinajstić information content (AvgIpc) is 2.27. The molecule has 4 nitrogen and oxygen atoms in total. The molecule has 0 fully saturated rings. The summed E-state index contributed by atoms with van der Waals surface area (Å²) >= 11 is 0. The van der Waals surface area contributed by atoms with E-state index < -0.39 is 18.0 Å². The zero-order valence-corrected chi connectivity index (χ0v) is 8.48. The lowest BCUT2D eigenvalue weighted by Crippen LogP contribution is -2.33. The van der Waals surface area contributed by atoms with Crippen molar-refractivity contribution in [1.82, 2.24) is 0 Å². The molecule has 5 heteroatoms. The zero-order valence-electron chi connectivity index (χ0n) is 8.48. The first-order valence-electron chi connectivity index (χ1n) is 4.57. The maximum atomic E-state index is 13.0. The number of ether oxygens (including phenoxy) is 1. The van der Waals surface area contributed by atoms with Gasteiger partial charge in [-0.2, -0.15) is 0 Å². The van der Waals surface area contributed by atoms with Gasteiger partial charge in [0, 0.05) is 12.1 Å². The van der Waals surface area contributed by atoms with Crippen LogP contribution in [-0.4, -0.2) is 24.9 Å². The zero-order chi connectivity index (χ0) is 11.4. The van der Waals surface area contributed by atoms with Crippen LogP contribution in [0.2, 0.25) is 0 Å². The third-order valence-electron chi connectivity index (χ3n) is 2.21. The van der Waals surface area contributed by atoms with Gasteiger partial charge in [-0.3, -0.25) is 0 Å². The summed E-state index contributed by atoms with van der Waals surface area (Å²) in [4.78, 5) is 0. The molecule has 0 aromatic heterocycles. The first kappa shape index (κ1) is 11.9. The van der Waals surface area contributed by atoms with Gasteiger partial charge in [0.25, 0.3) is 0 Å². The average molecular weight is 214 g/mol. The Bertz CT molecular complexity index is 333. The highest BCUT2D eigenvalue weighted by Crippen LogP contribution is 2.26. The van der Waals surface area contributed by atoms with Gasteiger partial charge in [-0.05, 0) is 18.2 Å². The maximum Gasteiger partial charge on any atom is 0.123 e. The summed E-state index contributed by atoms with van der Waals surface area (Å²) in [5.74, 6) is 0.0156. The third kappa shape index (κ3) is 2.65. The molecule has 0 bridgehead atoms. The lowest BCUT2D eigenvalue weighted by Gasteiger charge is -2.19. The maximum absolute atomic E-state index is 13.0. The molecule has 5 N–H and O–H groups in total. The second-order valence-electron chi connectivity index (χ2n) is 3.22. The van der Waals surface area contributed by atoms with E-state index in [0.29, 0.717) is 11.3 Å². The molecule has 0 spiro atoms. The fraction of sp³-hybridized carbons (Fsp3) is 0.400. The van der Waals surface area contributed by atoms with Gasteiger partial charge in [-0.15, -0.1) is 0 Å². The number of aliphatic hydroxyl groups is 1. The van der Waals surface area contributed by atoms with Crippen LogP contribution >= 0.6 is 0 Å². The van der Waals surface area contributed by atoms with Crippen molar-refractivity contribution < 1.29 is 14.2 Å². The Morgan fingerprint density at radius 2 is 2.20 bits per heavy atom. The number of hydrogen-bond donors (Lipinski definition) is 3. The summed E-state index contributed by atoms with van der Waals surface area (Å²) in [6.45, 7) is 0.0147. The Balaban J connectivity index is 3.05. The molecule has 15 heavy (non-hydrogen) atoms. The Kier molecular flexibility index (Phi) is 4.02. The molecule has 0 aliphatic heterocycles. The van der Waals surface area contributed by atoms with Crippen LogP contribution in [0.15, 0.2) is 18.2 Å². The third-order valence-corrected chi connectivity index (χ3v) is 2.21. The minimum Gasteiger partial charge on any atom is -0.496 e. The summed E-state index contributed by atoms with van der Waals surface area (Å²) < 4.78 is 18.0. The van der Waals surface area contributed by atoms with Crippen LogP contribution in [0.3, 0.4) is 0 Å². The van der Waals surface area contributed by atoms with Crippen molar-refractivity contribution in [1.29, 1.82) is 0 Å². The van der Waals surface area contributed by atoms with Gasteiger partial charge in [0.15, 0.2) is 0 Å². The van der Waals surface area contributed by atoms with Crippen molar-refractivity contribution in [3.8, 4) is 5.75 Å². The van der Waals surface area contributed by atoms with Crippen molar-refractivity contribution in [2.45, 2.75) is 12.1 Å². The van der Waals surface area contributed by atoms with Crippen LogP contribution in [0.1, 0.15) is 11.6 Å². The number of hydrogen-bond acceptors (Lipinski definition) is 4. The van der Waals surface area contributed by atoms with Crippen molar-refractivity contribution in [3.63, 3.8) is 0 Å². The van der Waals surface area contributed by atoms with Gasteiger partial charge >= 0.3 is 0 Å². The fourth-order valence-corrected chi connectivity index (χ4v) is 1.32. The van der Waals surface area contributed by atoms with Crippen LogP contribution in [-0.2, 0) is 0 Å². The van der Waals surface area contributed by atoms with Crippen LogP contribution in [0.25, 0.3) is 0 Å². The van der Waals surface area contributed by atoms with E-state index in [0.717, 1.165) is 0 Å². The highest BCUT2D eigenvalue weighted by molar-refractivity contribution is 5.36. The molecule has 0 radical (unpaired) electrons. The molecule has 0 amide bonds. The van der Waals surface area contributed by atoms with E-state index in [1.807, 2.05) is 0 Å². The van der Waals surface area contributed by atoms with E-state index >= 15 is 0 Å². The van der Waals surface area contributed by atoms with Crippen LogP contribution in [0.4, 0.5) is 4.39 Å². The molecule has 0 aliphatic rings. The van der Waals surface area contributed by atoms with Crippen LogP contribution in [0, 0.1) is 5.82 Å². The molecule has 2 atom stereocenters. The molecule has 2 unspecified atom stereocenters. The quantitative estimate of drug-likeness (QED) is 0.666. The Labute approximate surface area is 87.6 Å². The largest absolute Gasteiger partial charge is 0.496 e. The predicted octanol–water partition coefficient (Wildman–Crippen LogP) is 0.154. The summed E-state index contributed by atoms with van der Waals surface area (Å²) in [5.41, 5.74) is 11.4. The Morgan fingerprint density at radius 3 is 2.73 bits per heavy atom.